The zero-order chi connectivity index (χ0) is 14.3. The van der Waals surface area contributed by atoms with Crippen LogP contribution < -0.4 is 4.72 Å². The van der Waals surface area contributed by atoms with Crippen molar-refractivity contribution in [1.29, 1.82) is 0 Å². The maximum atomic E-state index is 12.3. The number of rotatable bonds is 8. The number of unbranched alkanes of at least 4 members (excludes halogenated alkanes) is 1. The van der Waals surface area contributed by atoms with Crippen molar-refractivity contribution < 1.29 is 8.42 Å². The highest BCUT2D eigenvalue weighted by atomic mass is 32.2. The molecule has 1 aromatic rings. The molecule has 1 atom stereocenters. The van der Waals surface area contributed by atoms with Crippen LogP contribution in [0.25, 0.3) is 0 Å². The molecule has 108 valence electrons. The summed E-state index contributed by atoms with van der Waals surface area (Å²) in [6.07, 6.45) is 4.94. The first-order valence-corrected chi connectivity index (χ1v) is 8.57. The summed E-state index contributed by atoms with van der Waals surface area (Å²) in [6.45, 7) is 6.15. The van der Waals surface area contributed by atoms with Gasteiger partial charge in [-0.2, -0.15) is 0 Å². The van der Waals surface area contributed by atoms with Crippen LogP contribution in [-0.4, -0.2) is 14.5 Å². The van der Waals surface area contributed by atoms with E-state index in [4.69, 9.17) is 0 Å². The quantitative estimate of drug-likeness (QED) is 0.792. The minimum atomic E-state index is -3.38. The Hall–Kier alpha value is -0.870. The van der Waals surface area contributed by atoms with E-state index in [1.54, 1.807) is 12.1 Å². The van der Waals surface area contributed by atoms with E-state index in [1.165, 1.54) is 0 Å². The van der Waals surface area contributed by atoms with Crippen LogP contribution in [0.4, 0.5) is 0 Å². The average molecular weight is 283 g/mol. The Labute approximate surface area is 117 Å². The van der Waals surface area contributed by atoms with Crippen LogP contribution in [-0.2, 0) is 10.0 Å². The van der Waals surface area contributed by atoms with Crippen LogP contribution >= 0.6 is 0 Å². The number of benzene rings is 1. The molecule has 0 aliphatic rings. The van der Waals surface area contributed by atoms with E-state index in [0.717, 1.165) is 37.7 Å². The summed E-state index contributed by atoms with van der Waals surface area (Å²) in [5, 5.41) is 0. The van der Waals surface area contributed by atoms with Crippen molar-refractivity contribution in [2.24, 2.45) is 0 Å². The molecule has 0 saturated carbocycles. The number of hydrogen-bond acceptors (Lipinski definition) is 2. The Kier molecular flexibility index (Phi) is 6.52. The second kappa shape index (κ2) is 7.65. The lowest BCUT2D eigenvalue weighted by Crippen LogP contribution is -2.34. The lowest BCUT2D eigenvalue weighted by atomic mass is 10.1. The predicted molar refractivity (Wildman–Crippen MR) is 79.7 cm³/mol. The van der Waals surface area contributed by atoms with Gasteiger partial charge < -0.3 is 0 Å². The summed E-state index contributed by atoms with van der Waals surface area (Å²) in [5.74, 6) is 0. The highest BCUT2D eigenvalue weighted by Crippen LogP contribution is 2.14. The third-order valence-electron chi connectivity index (χ3n) is 3.20. The SMILES string of the molecule is CCCCC(CCC)NS(=O)(=O)c1ccc(C)cc1. The molecular formula is C15H25NO2S. The first-order valence-electron chi connectivity index (χ1n) is 7.08. The fourth-order valence-corrected chi connectivity index (χ4v) is 3.37. The van der Waals surface area contributed by atoms with Gasteiger partial charge in [0.25, 0.3) is 0 Å². The number of sulfonamides is 1. The molecular weight excluding hydrogens is 258 g/mol. The first-order chi connectivity index (χ1) is 8.99. The summed E-state index contributed by atoms with van der Waals surface area (Å²) < 4.78 is 27.4. The maximum Gasteiger partial charge on any atom is 0.240 e. The fraction of sp³-hybridized carbons (Fsp3) is 0.600. The number of nitrogens with one attached hydrogen (secondary N) is 1. The van der Waals surface area contributed by atoms with E-state index < -0.39 is 10.0 Å². The van der Waals surface area contributed by atoms with Crippen LogP contribution in [0.1, 0.15) is 51.5 Å². The van der Waals surface area contributed by atoms with E-state index in [9.17, 15) is 8.42 Å². The van der Waals surface area contributed by atoms with Crippen molar-refractivity contribution in [1.82, 2.24) is 4.72 Å². The van der Waals surface area contributed by atoms with Gasteiger partial charge in [0.15, 0.2) is 0 Å². The van der Waals surface area contributed by atoms with Crippen molar-refractivity contribution in [3.63, 3.8) is 0 Å². The Morgan fingerprint density at radius 1 is 1.05 bits per heavy atom. The normalized spacial score (nSPS) is 13.4. The highest BCUT2D eigenvalue weighted by Gasteiger charge is 2.18. The van der Waals surface area contributed by atoms with Gasteiger partial charge in [0.1, 0.15) is 0 Å². The van der Waals surface area contributed by atoms with Crippen LogP contribution in [0.2, 0.25) is 0 Å². The van der Waals surface area contributed by atoms with E-state index in [-0.39, 0.29) is 6.04 Å². The highest BCUT2D eigenvalue weighted by molar-refractivity contribution is 7.89. The average Bonchev–Trinajstić information content (AvgIpc) is 2.36. The third-order valence-corrected chi connectivity index (χ3v) is 4.73. The molecule has 0 radical (unpaired) electrons. The van der Waals surface area contributed by atoms with Crippen molar-refractivity contribution >= 4 is 10.0 Å². The molecule has 1 rings (SSSR count). The van der Waals surface area contributed by atoms with Gasteiger partial charge >= 0.3 is 0 Å². The monoisotopic (exact) mass is 283 g/mol. The maximum absolute atomic E-state index is 12.3. The lowest BCUT2D eigenvalue weighted by molar-refractivity contribution is 0.483. The molecule has 0 aliphatic heterocycles. The molecule has 0 aromatic heterocycles. The van der Waals surface area contributed by atoms with Crippen molar-refractivity contribution in [2.45, 2.75) is 63.8 Å². The minimum absolute atomic E-state index is 0.0521. The molecule has 4 heteroatoms. The van der Waals surface area contributed by atoms with Gasteiger partial charge in [-0.3, -0.25) is 0 Å². The topological polar surface area (TPSA) is 46.2 Å². The number of aryl methyl sites for hydroxylation is 1. The Morgan fingerprint density at radius 3 is 2.21 bits per heavy atom. The number of hydrogen-bond donors (Lipinski definition) is 1. The molecule has 0 bridgehead atoms. The molecule has 19 heavy (non-hydrogen) atoms. The molecule has 0 spiro atoms. The standard InChI is InChI=1S/C15H25NO2S/c1-4-6-8-14(7-5-2)16-19(17,18)15-11-9-13(3)10-12-15/h9-12,14,16H,4-8H2,1-3H3. The van der Waals surface area contributed by atoms with Crippen LogP contribution in [0.3, 0.4) is 0 Å². The second-order valence-corrected chi connectivity index (χ2v) is 6.78. The Bertz CT molecular complexity index is 465. The molecule has 0 amide bonds. The zero-order valence-corrected chi connectivity index (χ0v) is 13.0. The molecule has 1 unspecified atom stereocenters. The van der Waals surface area contributed by atoms with Crippen molar-refractivity contribution in [3.05, 3.63) is 29.8 Å². The summed E-state index contributed by atoms with van der Waals surface area (Å²) in [4.78, 5) is 0.357. The predicted octanol–water partition coefficient (Wildman–Crippen LogP) is 3.63. The molecule has 0 saturated heterocycles. The van der Waals surface area contributed by atoms with Gasteiger partial charge in [-0.25, -0.2) is 13.1 Å². The lowest BCUT2D eigenvalue weighted by Gasteiger charge is -2.18. The van der Waals surface area contributed by atoms with E-state index >= 15 is 0 Å². The van der Waals surface area contributed by atoms with Gasteiger partial charge in [0, 0.05) is 6.04 Å². The van der Waals surface area contributed by atoms with Gasteiger partial charge in [-0.1, -0.05) is 50.8 Å². The summed E-state index contributed by atoms with van der Waals surface area (Å²) in [5.41, 5.74) is 1.06. The van der Waals surface area contributed by atoms with Gasteiger partial charge in [-0.05, 0) is 31.9 Å². The van der Waals surface area contributed by atoms with E-state index in [0.29, 0.717) is 4.90 Å². The summed E-state index contributed by atoms with van der Waals surface area (Å²) in [6, 6.07) is 7.04. The summed E-state index contributed by atoms with van der Waals surface area (Å²) in [7, 11) is -3.38. The van der Waals surface area contributed by atoms with Gasteiger partial charge in [0.05, 0.1) is 4.90 Å². The van der Waals surface area contributed by atoms with Crippen molar-refractivity contribution in [3.8, 4) is 0 Å². The van der Waals surface area contributed by atoms with Crippen LogP contribution in [0, 0.1) is 6.92 Å². The molecule has 0 fully saturated rings. The molecule has 3 nitrogen and oxygen atoms in total. The Morgan fingerprint density at radius 2 is 1.68 bits per heavy atom. The minimum Gasteiger partial charge on any atom is -0.208 e. The van der Waals surface area contributed by atoms with E-state index in [2.05, 4.69) is 18.6 Å². The van der Waals surface area contributed by atoms with E-state index in [1.807, 2.05) is 19.1 Å². The molecule has 0 aliphatic carbocycles. The zero-order valence-electron chi connectivity index (χ0n) is 12.1. The summed E-state index contributed by atoms with van der Waals surface area (Å²) >= 11 is 0. The molecule has 1 aromatic carbocycles. The molecule has 0 heterocycles. The van der Waals surface area contributed by atoms with Gasteiger partial charge in [0.2, 0.25) is 10.0 Å². The van der Waals surface area contributed by atoms with Gasteiger partial charge in [-0.15, -0.1) is 0 Å². The fourth-order valence-electron chi connectivity index (χ4n) is 2.07. The largest absolute Gasteiger partial charge is 0.240 e. The van der Waals surface area contributed by atoms with Crippen LogP contribution in [0.15, 0.2) is 29.2 Å². The molecule has 1 N–H and O–H groups in total. The van der Waals surface area contributed by atoms with Crippen molar-refractivity contribution in [2.75, 3.05) is 0 Å². The van der Waals surface area contributed by atoms with Crippen LogP contribution in [0.5, 0.6) is 0 Å². The first kappa shape index (κ1) is 16.2. The Balaban J connectivity index is 2.78. The third kappa shape index (κ3) is 5.33. The second-order valence-electron chi connectivity index (χ2n) is 5.06. The smallest absolute Gasteiger partial charge is 0.208 e.